The lowest BCUT2D eigenvalue weighted by Crippen LogP contribution is -2.29. The zero-order chi connectivity index (χ0) is 27.2. The highest BCUT2D eigenvalue weighted by Crippen LogP contribution is 2.26. The normalized spacial score (nSPS) is 13.1. The van der Waals surface area contributed by atoms with Crippen molar-refractivity contribution in [2.75, 3.05) is 25.4 Å². The number of hydrogen-bond donors (Lipinski definition) is 0. The van der Waals surface area contributed by atoms with E-state index in [1.807, 2.05) is 16.4 Å². The van der Waals surface area contributed by atoms with Crippen LogP contribution in [0.15, 0.2) is 59.5 Å². The van der Waals surface area contributed by atoms with E-state index in [2.05, 4.69) is 4.74 Å². The third kappa shape index (κ3) is 6.42. The van der Waals surface area contributed by atoms with E-state index < -0.39 is 19.2 Å². The molecule has 0 unspecified atom stereocenters. The molecule has 4 rings (SSSR count). The van der Waals surface area contributed by atoms with E-state index in [4.69, 9.17) is 4.74 Å². The summed E-state index contributed by atoms with van der Waals surface area (Å²) in [5.41, 5.74) is 2.75. The highest BCUT2D eigenvalue weighted by molar-refractivity contribution is 8.00. The van der Waals surface area contributed by atoms with E-state index >= 15 is 0 Å². The summed E-state index contributed by atoms with van der Waals surface area (Å²) in [6.07, 6.45) is 2.02. The van der Waals surface area contributed by atoms with Gasteiger partial charge in [-0.1, -0.05) is 12.1 Å². The monoisotopic (exact) mass is 542 g/mol. The van der Waals surface area contributed by atoms with Crippen molar-refractivity contribution in [3.8, 4) is 11.4 Å². The number of alkyl halides is 2. The zero-order valence-electron chi connectivity index (χ0n) is 21.1. The van der Waals surface area contributed by atoms with Gasteiger partial charge < -0.3 is 18.9 Å². The number of thioether (sulfide) groups is 1. The number of likely N-dealkylation sites (tertiary alicyclic amines) is 1. The molecule has 1 aromatic heterocycles. The number of ketones is 1. The summed E-state index contributed by atoms with van der Waals surface area (Å²) in [4.78, 5) is 40.7. The third-order valence-corrected chi connectivity index (χ3v) is 7.36. The number of aryl methyl sites for hydroxylation is 1. The van der Waals surface area contributed by atoms with Gasteiger partial charge in [-0.15, -0.1) is 11.8 Å². The Morgan fingerprint density at radius 2 is 1.66 bits per heavy atom. The molecule has 3 aromatic rings. The Bertz CT molecular complexity index is 1320. The smallest absolute Gasteiger partial charge is 0.387 e. The number of Topliss-reactive ketones (excluding diaryl/α,β-unsaturated/α-hetero) is 1. The maximum absolute atomic E-state index is 13.0. The van der Waals surface area contributed by atoms with Crippen LogP contribution in [0.5, 0.6) is 5.75 Å². The molecule has 0 radical (unpaired) electrons. The number of carbonyl (C=O) groups is 3. The van der Waals surface area contributed by atoms with Crippen molar-refractivity contribution in [3.05, 3.63) is 77.1 Å². The van der Waals surface area contributed by atoms with Crippen LogP contribution in [0.1, 0.15) is 44.9 Å². The molecule has 0 N–H and O–H groups in total. The lowest BCUT2D eigenvalue weighted by atomic mass is 10.1. The maximum atomic E-state index is 13.0. The minimum atomic E-state index is -2.91. The van der Waals surface area contributed by atoms with Crippen LogP contribution in [-0.4, -0.2) is 59.2 Å². The number of hydrogen-bond acceptors (Lipinski definition) is 6. The molecule has 200 valence electrons. The van der Waals surface area contributed by atoms with Gasteiger partial charge in [0.25, 0.3) is 0 Å². The molecular formula is C28H28F2N2O5S. The second-order valence-corrected chi connectivity index (χ2v) is 9.88. The summed E-state index contributed by atoms with van der Waals surface area (Å²) in [6, 6.07) is 14.7. The van der Waals surface area contributed by atoms with Crippen molar-refractivity contribution >= 4 is 29.4 Å². The van der Waals surface area contributed by atoms with Gasteiger partial charge in [-0.05, 0) is 69.2 Å². The average molecular weight is 543 g/mol. The number of nitrogens with zero attached hydrogens (tertiary/aromatic N) is 2. The molecule has 1 amide bonds. The number of rotatable bonds is 10. The lowest BCUT2D eigenvalue weighted by molar-refractivity contribution is -0.127. The third-order valence-electron chi connectivity index (χ3n) is 6.30. The van der Waals surface area contributed by atoms with E-state index in [0.29, 0.717) is 27.4 Å². The molecule has 0 saturated carbocycles. The zero-order valence-corrected chi connectivity index (χ0v) is 21.9. The summed E-state index contributed by atoms with van der Waals surface area (Å²) in [7, 11) is 0. The van der Waals surface area contributed by atoms with Gasteiger partial charge in [0, 0.05) is 40.6 Å². The summed E-state index contributed by atoms with van der Waals surface area (Å²) in [6.45, 7) is 1.75. The molecule has 1 aliphatic rings. The van der Waals surface area contributed by atoms with E-state index in [1.54, 1.807) is 49.4 Å². The Hall–Kier alpha value is -3.66. The Morgan fingerprint density at radius 1 is 0.974 bits per heavy atom. The van der Waals surface area contributed by atoms with Crippen LogP contribution >= 0.6 is 11.8 Å². The first kappa shape index (κ1) is 27.4. The van der Waals surface area contributed by atoms with Gasteiger partial charge in [0.1, 0.15) is 5.75 Å². The highest BCUT2D eigenvalue weighted by atomic mass is 32.2. The summed E-state index contributed by atoms with van der Waals surface area (Å²) >= 11 is 1.28. The molecule has 1 saturated heterocycles. The molecule has 10 heteroatoms. The van der Waals surface area contributed by atoms with Gasteiger partial charge in [0.2, 0.25) is 11.7 Å². The second-order valence-electron chi connectivity index (χ2n) is 8.86. The fourth-order valence-corrected chi connectivity index (χ4v) is 5.41. The van der Waals surface area contributed by atoms with Crippen molar-refractivity contribution in [3.63, 3.8) is 0 Å². The molecule has 7 nitrogen and oxygen atoms in total. The van der Waals surface area contributed by atoms with E-state index in [9.17, 15) is 23.2 Å². The molecule has 0 spiro atoms. The summed E-state index contributed by atoms with van der Waals surface area (Å²) in [5, 5.41) is 0. The van der Waals surface area contributed by atoms with Crippen LogP contribution in [0.3, 0.4) is 0 Å². The molecule has 2 heterocycles. The largest absolute Gasteiger partial charge is 0.454 e. The van der Waals surface area contributed by atoms with E-state index in [1.165, 1.54) is 23.9 Å². The number of halogens is 2. The lowest BCUT2D eigenvalue weighted by Gasteiger charge is -2.15. The van der Waals surface area contributed by atoms with E-state index in [0.717, 1.165) is 31.6 Å². The standard InChI is InChI=1S/C28H28F2N2O5S/c1-18-15-23(19(2)32(18)20-9-11-21(12-10-20)37-28(29)30)24(33)16-36-27(35)22-7-3-4-8-25(22)38-17-26(34)31-13-5-6-14-31/h3-4,7-12,15,28H,5-6,13-14,16-17H2,1-2H3. The van der Waals surface area contributed by atoms with Crippen molar-refractivity contribution in [2.45, 2.75) is 38.2 Å². The molecule has 1 fully saturated rings. The van der Waals surface area contributed by atoms with Crippen LogP contribution < -0.4 is 4.74 Å². The van der Waals surface area contributed by atoms with Gasteiger partial charge in [-0.3, -0.25) is 9.59 Å². The second kappa shape index (κ2) is 12.3. The van der Waals surface area contributed by atoms with Gasteiger partial charge in [-0.2, -0.15) is 8.78 Å². The van der Waals surface area contributed by atoms with Crippen molar-refractivity contribution < 1.29 is 32.6 Å². The topological polar surface area (TPSA) is 77.8 Å². The maximum Gasteiger partial charge on any atom is 0.387 e. The SMILES string of the molecule is Cc1cc(C(=O)COC(=O)c2ccccc2SCC(=O)N2CCCC2)c(C)n1-c1ccc(OC(F)F)cc1. The Kier molecular flexibility index (Phi) is 8.83. The molecular weight excluding hydrogens is 514 g/mol. The number of esters is 1. The average Bonchev–Trinajstić information content (AvgIpc) is 3.54. The van der Waals surface area contributed by atoms with Gasteiger partial charge in [0.05, 0.1) is 11.3 Å². The van der Waals surface area contributed by atoms with Crippen LogP contribution in [0.25, 0.3) is 5.69 Å². The Morgan fingerprint density at radius 3 is 2.34 bits per heavy atom. The molecule has 2 aromatic carbocycles. The minimum absolute atomic E-state index is 0.0354. The van der Waals surface area contributed by atoms with Crippen molar-refractivity contribution in [2.24, 2.45) is 0 Å². The first-order valence-electron chi connectivity index (χ1n) is 12.2. The first-order chi connectivity index (χ1) is 18.2. The van der Waals surface area contributed by atoms with Crippen LogP contribution in [0.4, 0.5) is 8.78 Å². The first-order valence-corrected chi connectivity index (χ1v) is 13.2. The number of amides is 1. The van der Waals surface area contributed by atoms with Gasteiger partial charge in [-0.25, -0.2) is 4.79 Å². The number of aromatic nitrogens is 1. The van der Waals surface area contributed by atoms with Crippen LogP contribution in [0, 0.1) is 13.8 Å². The van der Waals surface area contributed by atoms with E-state index in [-0.39, 0.29) is 23.2 Å². The predicted octanol–water partition coefficient (Wildman–Crippen LogP) is 5.45. The summed E-state index contributed by atoms with van der Waals surface area (Å²) < 4.78 is 36.4. The molecule has 0 atom stereocenters. The fraction of sp³-hybridized carbons (Fsp3) is 0.321. The fourth-order valence-electron chi connectivity index (χ4n) is 4.46. The number of benzene rings is 2. The molecule has 38 heavy (non-hydrogen) atoms. The highest BCUT2D eigenvalue weighted by Gasteiger charge is 2.22. The quantitative estimate of drug-likeness (QED) is 0.193. The number of ether oxygens (including phenoxy) is 2. The molecule has 1 aliphatic heterocycles. The Labute approximate surface area is 223 Å². The van der Waals surface area contributed by atoms with Crippen LogP contribution in [0.2, 0.25) is 0 Å². The van der Waals surface area contributed by atoms with Crippen LogP contribution in [-0.2, 0) is 9.53 Å². The van der Waals surface area contributed by atoms with Gasteiger partial charge >= 0.3 is 12.6 Å². The molecule has 0 bridgehead atoms. The number of carbonyl (C=O) groups excluding carboxylic acids is 3. The summed E-state index contributed by atoms with van der Waals surface area (Å²) in [5.74, 6) is -0.710. The van der Waals surface area contributed by atoms with Crippen molar-refractivity contribution in [1.29, 1.82) is 0 Å². The van der Waals surface area contributed by atoms with Gasteiger partial charge in [0.15, 0.2) is 6.61 Å². The minimum Gasteiger partial charge on any atom is -0.454 e. The Balaban J connectivity index is 1.40. The predicted molar refractivity (Wildman–Crippen MR) is 139 cm³/mol. The molecule has 0 aliphatic carbocycles. The van der Waals surface area contributed by atoms with Crippen molar-refractivity contribution in [1.82, 2.24) is 9.47 Å².